The monoisotopic (exact) mass is 426 g/mol. The summed E-state index contributed by atoms with van der Waals surface area (Å²) in [5, 5.41) is 2.26. The summed E-state index contributed by atoms with van der Waals surface area (Å²) in [6, 6.07) is 8.19. The molecule has 0 bridgehead atoms. The van der Waals surface area contributed by atoms with E-state index in [1.807, 2.05) is 17.5 Å². The summed E-state index contributed by atoms with van der Waals surface area (Å²) >= 11 is 7.91. The minimum Gasteiger partial charge on any atom is -0.331 e. The van der Waals surface area contributed by atoms with Crippen LogP contribution in [0.15, 0.2) is 40.6 Å². The van der Waals surface area contributed by atoms with Gasteiger partial charge in [-0.2, -0.15) is 4.31 Å². The predicted octanol–water partition coefficient (Wildman–Crippen LogP) is 4.41. The third kappa shape index (κ3) is 3.92. The van der Waals surface area contributed by atoms with Crippen LogP contribution in [-0.4, -0.2) is 43.2 Å². The normalized spacial score (nSPS) is 17.9. The molecule has 3 rings (SSSR count). The summed E-state index contributed by atoms with van der Waals surface area (Å²) in [4.78, 5) is 16.2. The summed E-state index contributed by atoms with van der Waals surface area (Å²) in [5.74, 6) is -0.222. The lowest BCUT2D eigenvalue weighted by Crippen LogP contribution is -2.33. The van der Waals surface area contributed by atoms with Crippen LogP contribution in [0.3, 0.4) is 0 Å². The Bertz CT molecular complexity index is 926. The van der Waals surface area contributed by atoms with Gasteiger partial charge in [0, 0.05) is 24.5 Å². The van der Waals surface area contributed by atoms with Crippen LogP contribution < -0.4 is 0 Å². The first-order valence-corrected chi connectivity index (χ1v) is 11.5. The number of carbonyl (C=O) groups excluding carboxylic acids is 1. The molecule has 1 fully saturated rings. The number of rotatable bonds is 5. The average molecular weight is 427 g/mol. The number of amides is 1. The molecule has 1 saturated heterocycles. The van der Waals surface area contributed by atoms with Crippen LogP contribution in [0.4, 0.5) is 0 Å². The standard InChI is InChI=1S/C19H23ClN2O3S2/c1-13(2)21(3)27(24,25)14-8-9-16(20)15(12-14)19(23)22-10-4-6-17(22)18-7-5-11-26-18/h5,7-9,11-13,17H,4,6,10H2,1-3H3. The van der Waals surface area contributed by atoms with Gasteiger partial charge in [0.2, 0.25) is 10.0 Å². The van der Waals surface area contributed by atoms with Crippen LogP contribution in [0.5, 0.6) is 0 Å². The highest BCUT2D eigenvalue weighted by Crippen LogP contribution is 2.36. The van der Waals surface area contributed by atoms with Gasteiger partial charge in [0.05, 0.1) is 21.5 Å². The second-order valence-corrected chi connectivity index (χ2v) is 10.3. The first-order valence-electron chi connectivity index (χ1n) is 8.85. The molecular formula is C19H23ClN2O3S2. The minimum atomic E-state index is -3.69. The molecule has 5 nitrogen and oxygen atoms in total. The lowest BCUT2D eigenvalue weighted by atomic mass is 10.1. The maximum atomic E-state index is 13.2. The van der Waals surface area contributed by atoms with Crippen LogP contribution in [-0.2, 0) is 10.0 Å². The van der Waals surface area contributed by atoms with E-state index in [4.69, 9.17) is 11.6 Å². The zero-order valence-corrected chi connectivity index (χ0v) is 17.9. The topological polar surface area (TPSA) is 57.7 Å². The summed E-state index contributed by atoms with van der Waals surface area (Å²) in [7, 11) is -2.15. The highest BCUT2D eigenvalue weighted by atomic mass is 35.5. The Morgan fingerprint density at radius 3 is 2.70 bits per heavy atom. The van der Waals surface area contributed by atoms with Crippen molar-refractivity contribution in [2.24, 2.45) is 0 Å². The van der Waals surface area contributed by atoms with E-state index in [9.17, 15) is 13.2 Å². The zero-order valence-electron chi connectivity index (χ0n) is 15.6. The van der Waals surface area contributed by atoms with Crippen molar-refractivity contribution < 1.29 is 13.2 Å². The average Bonchev–Trinajstić information content (AvgIpc) is 3.31. The number of hydrogen-bond acceptors (Lipinski definition) is 4. The number of nitrogens with zero attached hydrogens (tertiary/aromatic N) is 2. The molecule has 27 heavy (non-hydrogen) atoms. The molecule has 2 heterocycles. The van der Waals surface area contributed by atoms with E-state index < -0.39 is 10.0 Å². The van der Waals surface area contributed by atoms with Gasteiger partial charge in [0.15, 0.2) is 0 Å². The fraction of sp³-hybridized carbons (Fsp3) is 0.421. The Labute approximate surface area is 169 Å². The third-order valence-corrected chi connectivity index (χ3v) is 8.29. The Balaban J connectivity index is 1.96. The Morgan fingerprint density at radius 1 is 1.33 bits per heavy atom. The molecule has 0 aliphatic carbocycles. The fourth-order valence-electron chi connectivity index (χ4n) is 3.21. The molecule has 2 aromatic rings. The van der Waals surface area contributed by atoms with Gasteiger partial charge in [0.1, 0.15) is 0 Å². The molecule has 1 aromatic carbocycles. The van der Waals surface area contributed by atoms with E-state index in [2.05, 4.69) is 0 Å². The van der Waals surface area contributed by atoms with E-state index in [1.54, 1.807) is 30.1 Å². The quantitative estimate of drug-likeness (QED) is 0.711. The van der Waals surface area contributed by atoms with E-state index in [-0.39, 0.29) is 33.5 Å². The molecular weight excluding hydrogens is 404 g/mol. The van der Waals surface area contributed by atoms with Crippen molar-refractivity contribution in [3.63, 3.8) is 0 Å². The smallest absolute Gasteiger partial charge is 0.255 e. The molecule has 0 N–H and O–H groups in total. The van der Waals surface area contributed by atoms with Crippen molar-refractivity contribution in [3.05, 3.63) is 51.2 Å². The highest BCUT2D eigenvalue weighted by molar-refractivity contribution is 7.89. The molecule has 1 aromatic heterocycles. The lowest BCUT2D eigenvalue weighted by molar-refractivity contribution is 0.0738. The number of hydrogen-bond donors (Lipinski definition) is 0. The van der Waals surface area contributed by atoms with Crippen LogP contribution in [0.1, 0.15) is 48.0 Å². The Kier molecular flexibility index (Phi) is 5.96. The van der Waals surface area contributed by atoms with Crippen LogP contribution >= 0.6 is 22.9 Å². The summed E-state index contributed by atoms with van der Waals surface area (Å²) in [6.45, 7) is 4.24. The summed E-state index contributed by atoms with van der Waals surface area (Å²) < 4.78 is 26.9. The van der Waals surface area contributed by atoms with E-state index in [0.29, 0.717) is 6.54 Å². The molecule has 1 unspecified atom stereocenters. The van der Waals surface area contributed by atoms with E-state index >= 15 is 0 Å². The predicted molar refractivity (Wildman–Crippen MR) is 109 cm³/mol. The van der Waals surface area contributed by atoms with Crippen molar-refractivity contribution in [1.82, 2.24) is 9.21 Å². The van der Waals surface area contributed by atoms with Crippen LogP contribution in [0.2, 0.25) is 5.02 Å². The molecule has 1 atom stereocenters. The SMILES string of the molecule is CC(C)N(C)S(=O)(=O)c1ccc(Cl)c(C(=O)N2CCCC2c2cccs2)c1. The molecule has 1 amide bonds. The maximum Gasteiger partial charge on any atom is 0.255 e. The van der Waals surface area contributed by atoms with Gasteiger partial charge >= 0.3 is 0 Å². The van der Waals surface area contributed by atoms with Gasteiger partial charge in [-0.15, -0.1) is 11.3 Å². The van der Waals surface area contributed by atoms with Crippen molar-refractivity contribution in [2.75, 3.05) is 13.6 Å². The Hall–Kier alpha value is -1.41. The number of sulfonamides is 1. The zero-order chi connectivity index (χ0) is 19.8. The molecule has 146 valence electrons. The second-order valence-electron chi connectivity index (χ2n) is 6.93. The molecule has 0 radical (unpaired) electrons. The van der Waals surface area contributed by atoms with Gasteiger partial charge < -0.3 is 4.90 Å². The fourth-order valence-corrected chi connectivity index (χ4v) is 5.68. The first kappa shape index (κ1) is 20.3. The molecule has 1 aliphatic rings. The number of carbonyl (C=O) groups is 1. The third-order valence-electron chi connectivity index (χ3n) is 4.96. The minimum absolute atomic E-state index is 0.0205. The van der Waals surface area contributed by atoms with Gasteiger partial charge in [0.25, 0.3) is 5.91 Å². The van der Waals surface area contributed by atoms with Gasteiger partial charge in [-0.05, 0) is 56.3 Å². The lowest BCUT2D eigenvalue weighted by Gasteiger charge is -2.25. The van der Waals surface area contributed by atoms with Crippen molar-refractivity contribution in [1.29, 1.82) is 0 Å². The van der Waals surface area contributed by atoms with Crippen molar-refractivity contribution in [3.8, 4) is 0 Å². The van der Waals surface area contributed by atoms with Gasteiger partial charge in [-0.3, -0.25) is 4.79 Å². The first-order chi connectivity index (χ1) is 12.7. The molecule has 8 heteroatoms. The second kappa shape index (κ2) is 7.91. The van der Waals surface area contributed by atoms with Gasteiger partial charge in [-0.25, -0.2) is 8.42 Å². The van der Waals surface area contributed by atoms with Crippen molar-refractivity contribution >= 4 is 38.9 Å². The highest BCUT2D eigenvalue weighted by Gasteiger charge is 2.33. The summed E-state index contributed by atoms with van der Waals surface area (Å²) in [6.07, 6.45) is 1.82. The number of likely N-dealkylation sites (tertiary alicyclic amines) is 1. The van der Waals surface area contributed by atoms with E-state index in [1.165, 1.54) is 29.6 Å². The van der Waals surface area contributed by atoms with Crippen molar-refractivity contribution in [2.45, 2.75) is 43.7 Å². The van der Waals surface area contributed by atoms with Crippen LogP contribution in [0, 0.1) is 0 Å². The van der Waals surface area contributed by atoms with E-state index in [0.717, 1.165) is 17.7 Å². The molecule has 1 aliphatic heterocycles. The number of halogens is 1. The maximum absolute atomic E-state index is 13.2. The molecule has 0 saturated carbocycles. The number of benzene rings is 1. The Morgan fingerprint density at radius 2 is 2.07 bits per heavy atom. The molecule has 0 spiro atoms. The van der Waals surface area contributed by atoms with Gasteiger partial charge in [-0.1, -0.05) is 17.7 Å². The van der Waals surface area contributed by atoms with Crippen LogP contribution in [0.25, 0.3) is 0 Å². The number of thiophene rings is 1. The summed E-state index contributed by atoms with van der Waals surface area (Å²) in [5.41, 5.74) is 0.235. The largest absolute Gasteiger partial charge is 0.331 e.